The maximum absolute atomic E-state index is 16.4. The first-order valence-corrected chi connectivity index (χ1v) is 33.0. The second-order valence-corrected chi connectivity index (χ2v) is 26.1. The minimum atomic E-state index is -5.78. The van der Waals surface area contributed by atoms with Crippen molar-refractivity contribution in [1.82, 2.24) is 19.5 Å². The fourth-order valence-corrected chi connectivity index (χ4v) is 14.1. The number of nitrogens with one attached hydrogen (secondary N) is 1. The van der Waals surface area contributed by atoms with E-state index in [-0.39, 0.29) is 6.42 Å². The average Bonchev–Trinajstić information content (AvgIpc) is 1.86. The van der Waals surface area contributed by atoms with E-state index in [4.69, 9.17) is 73.0 Å². The van der Waals surface area contributed by atoms with Gasteiger partial charge in [-0.15, -0.1) is 0 Å². The monoisotopic (exact) mass is 1260 g/mol. The van der Waals surface area contributed by atoms with Crippen molar-refractivity contribution < 1.29 is 89.2 Å². The highest BCUT2D eigenvalue weighted by Gasteiger charge is 2.59. The number of ether oxygens (including phenoxy) is 8. The van der Waals surface area contributed by atoms with E-state index in [9.17, 15) is 33.5 Å². The van der Waals surface area contributed by atoms with Gasteiger partial charge in [0.25, 0.3) is 0 Å². The maximum atomic E-state index is 16.4. The first-order valence-electron chi connectivity index (χ1n) is 28.9. The molecule has 8 rings (SSSR count). The molecule has 12 atom stereocenters. The number of carbonyl (C=O) groups is 4. The minimum absolute atomic E-state index is 0.0231. The van der Waals surface area contributed by atoms with Crippen molar-refractivity contribution in [3.63, 3.8) is 0 Å². The van der Waals surface area contributed by atoms with Crippen molar-refractivity contribution in [2.24, 2.45) is 0 Å². The first-order chi connectivity index (χ1) is 41.1. The molecule has 86 heavy (non-hydrogen) atoms. The summed E-state index contributed by atoms with van der Waals surface area (Å²) in [5.74, 6) is -4.70. The number of unbranched alkanes of at least 4 members (excludes halogenated alkanes) is 10. The molecule has 3 aromatic carbocycles. The summed E-state index contributed by atoms with van der Waals surface area (Å²) in [6.45, 7) is 1.86. The molecule has 0 spiro atoms. The van der Waals surface area contributed by atoms with E-state index in [0.29, 0.717) is 23.4 Å². The number of rotatable bonds is 31. The van der Waals surface area contributed by atoms with Crippen molar-refractivity contribution in [2.75, 3.05) is 18.5 Å². The molecule has 3 fully saturated rings. The van der Waals surface area contributed by atoms with Crippen LogP contribution in [0.5, 0.6) is 0 Å². The van der Waals surface area contributed by atoms with E-state index in [0.717, 1.165) is 69.6 Å². The van der Waals surface area contributed by atoms with Crippen LogP contribution in [0, 0.1) is 0 Å². The Balaban J connectivity index is 0.957. The summed E-state index contributed by atoms with van der Waals surface area (Å²) in [4.78, 5) is 87.1. The summed E-state index contributed by atoms with van der Waals surface area (Å²) >= 11 is 5.22. The van der Waals surface area contributed by atoms with Crippen LogP contribution in [0.4, 0.5) is 10.2 Å². The molecule has 3 saturated heterocycles. The molecule has 23 nitrogen and oxygen atoms in total. The molecule has 468 valence electrons. The number of phosphoric acid groups is 1. The fourth-order valence-electron chi connectivity index (χ4n) is 11.0. The van der Waals surface area contributed by atoms with Gasteiger partial charge < -0.3 is 57.5 Å². The lowest BCUT2D eigenvalue weighted by Gasteiger charge is -2.45. The lowest BCUT2D eigenvalue weighted by Crippen LogP contribution is -2.64. The highest BCUT2D eigenvalue weighted by molar-refractivity contribution is 8.08. The van der Waals surface area contributed by atoms with Crippen LogP contribution in [-0.2, 0) is 92.3 Å². The molecule has 5 aromatic rings. The minimum Gasteiger partial charge on any atom is -0.462 e. The van der Waals surface area contributed by atoms with Gasteiger partial charge >= 0.3 is 38.4 Å². The van der Waals surface area contributed by atoms with Crippen LogP contribution in [-0.4, -0.2) is 127 Å². The number of nitrogens with zero attached hydrogens (tertiary/aromatic N) is 4. The third-order valence-corrected chi connectivity index (χ3v) is 18.2. The second kappa shape index (κ2) is 30.0. The molecule has 3 aliphatic rings. The number of fused-ring (bicyclic) bond motifs is 2. The Morgan fingerprint density at radius 3 is 1.81 bits per heavy atom. The van der Waals surface area contributed by atoms with Gasteiger partial charge in [-0.2, -0.15) is 0 Å². The van der Waals surface area contributed by atoms with Crippen LogP contribution in [0.15, 0.2) is 104 Å². The fraction of sp³-hybridized carbons (Fsp3) is 0.542. The molecule has 2 unspecified atom stereocenters. The van der Waals surface area contributed by atoms with E-state index in [2.05, 4.69) is 17.2 Å². The van der Waals surface area contributed by atoms with Crippen LogP contribution in [0.3, 0.4) is 0 Å². The SMILES string of the molecule is CCCCCCCCCCCCCC(=O)OC[C@H](F)[C@H]1O[C@@H](OP(=O)(O)OP(O)(=S)OC[C@H]2O[C@@H](n3cnc4c(NC(c5ccccc5)(c5ccccc5)c5ccccc5)ncnc43)[C@@H]3OC(C)(C)O[C@@H]32)[C@@H](OC(C)=O)[C@@H](OC(C)=O)[C@@H]1OC(C)=O. The molecule has 0 bridgehead atoms. The average molecular weight is 1260 g/mol. The highest BCUT2D eigenvalue weighted by atomic mass is 32.5. The van der Waals surface area contributed by atoms with Gasteiger partial charge in [0, 0.05) is 27.2 Å². The summed E-state index contributed by atoms with van der Waals surface area (Å²) in [6, 6.07) is 29.8. The number of alkyl halides is 1. The zero-order valence-electron chi connectivity index (χ0n) is 48.9. The third-order valence-electron chi connectivity index (χ3n) is 14.7. The Morgan fingerprint density at radius 1 is 0.733 bits per heavy atom. The van der Waals surface area contributed by atoms with Crippen molar-refractivity contribution >= 4 is 67.2 Å². The first kappa shape index (κ1) is 66.3. The zero-order valence-corrected chi connectivity index (χ0v) is 51.5. The molecule has 3 N–H and O–H groups in total. The van der Waals surface area contributed by atoms with Crippen LogP contribution in [0.1, 0.15) is 142 Å². The number of halogens is 1. The third kappa shape index (κ3) is 17.1. The van der Waals surface area contributed by atoms with Crippen molar-refractivity contribution in [1.29, 1.82) is 0 Å². The number of hydrogen-bond donors (Lipinski definition) is 3. The Bertz CT molecular complexity index is 3060. The van der Waals surface area contributed by atoms with E-state index < -0.39 is 124 Å². The summed E-state index contributed by atoms with van der Waals surface area (Å²) in [7, 11) is -5.78. The molecule has 0 radical (unpaired) electrons. The molecule has 2 aromatic heterocycles. The van der Waals surface area contributed by atoms with Crippen LogP contribution < -0.4 is 5.32 Å². The quantitative estimate of drug-likeness (QED) is 0.0122. The maximum Gasteiger partial charge on any atom is 0.481 e. The molecular weight excluding hydrogens is 1180 g/mol. The summed E-state index contributed by atoms with van der Waals surface area (Å²) in [5.41, 5.74) is 2.48. The van der Waals surface area contributed by atoms with Gasteiger partial charge in [0.1, 0.15) is 42.9 Å². The van der Waals surface area contributed by atoms with Gasteiger partial charge in [-0.25, -0.2) is 28.2 Å². The van der Waals surface area contributed by atoms with E-state index >= 15 is 4.39 Å². The van der Waals surface area contributed by atoms with Crippen LogP contribution in [0.2, 0.25) is 0 Å². The Morgan fingerprint density at radius 2 is 1.26 bits per heavy atom. The number of imidazole rings is 1. The molecule has 0 saturated carbocycles. The molecular formula is C59H76FN5O18P2S. The number of hydrogen-bond acceptors (Lipinski definition) is 21. The Labute approximate surface area is 504 Å². The van der Waals surface area contributed by atoms with E-state index in [1.54, 1.807) is 18.4 Å². The van der Waals surface area contributed by atoms with Crippen molar-refractivity contribution in [3.05, 3.63) is 120 Å². The standard InChI is InChI=1S/C59H76FN5O18P2S/c1-7-8-9-10-11-12-13-14-15-16-26-33-46(69)73-34-44(60)48-50(75-38(2)66)51(76-39(3)67)53(77-40(4)68)57(79-48)82-84(70,71)83-85(72,86)74-35-45-49-52(81-58(5,6)80-49)56(78-45)65-37-63-47-54(61-36-62-55(47)65)64-59(41-27-20-17-21-28-41,42-29-22-18-23-30-42)43-31-24-19-25-32-43/h17-25,27-32,36-37,44-45,48-53,56-57H,7-16,26,33-35H2,1-6H3,(H,70,71)(H,72,86)(H,61,62,64)/t44-,45+,48+,49+,50+,51-,52+,53-,56+,57-,85?/m0/s1. The lowest BCUT2D eigenvalue weighted by molar-refractivity contribution is -0.296. The van der Waals surface area contributed by atoms with Gasteiger partial charge in [-0.05, 0) is 48.8 Å². The summed E-state index contributed by atoms with van der Waals surface area (Å²) < 4.78 is 94.3. The Hall–Kier alpha value is -5.66. The van der Waals surface area contributed by atoms with Gasteiger partial charge in [0.05, 0.1) is 12.9 Å². The number of esters is 4. The predicted molar refractivity (Wildman–Crippen MR) is 313 cm³/mol. The molecule has 0 aliphatic carbocycles. The molecule has 0 amide bonds. The number of carbonyl (C=O) groups excluding carboxylic acids is 4. The van der Waals surface area contributed by atoms with Gasteiger partial charge in [-0.1, -0.05) is 162 Å². The molecule has 3 aliphatic heterocycles. The zero-order chi connectivity index (χ0) is 61.7. The number of benzene rings is 3. The number of aromatic nitrogens is 4. The van der Waals surface area contributed by atoms with Crippen molar-refractivity contribution in [3.8, 4) is 0 Å². The van der Waals surface area contributed by atoms with Crippen LogP contribution >= 0.6 is 14.5 Å². The highest BCUT2D eigenvalue weighted by Crippen LogP contribution is 2.62. The smallest absolute Gasteiger partial charge is 0.462 e. The second-order valence-electron chi connectivity index (χ2n) is 21.7. The van der Waals surface area contributed by atoms with Gasteiger partial charge in [0.2, 0.25) is 6.29 Å². The van der Waals surface area contributed by atoms with E-state index in [1.165, 1.54) is 44.8 Å². The van der Waals surface area contributed by atoms with Crippen LogP contribution in [0.25, 0.3) is 11.2 Å². The van der Waals surface area contributed by atoms with E-state index in [1.807, 2.05) is 91.0 Å². The van der Waals surface area contributed by atoms with Gasteiger partial charge in [0.15, 0.2) is 53.5 Å². The van der Waals surface area contributed by atoms with Gasteiger partial charge in [-0.3, -0.25) is 28.3 Å². The predicted octanol–water partition coefficient (Wildman–Crippen LogP) is 10.1. The number of phosphoric ester groups is 1. The van der Waals surface area contributed by atoms with Crippen molar-refractivity contribution in [2.45, 2.75) is 191 Å². The summed E-state index contributed by atoms with van der Waals surface area (Å²) in [5, 5.41) is 3.75. The topological polar surface area (TPSA) is 283 Å². The summed E-state index contributed by atoms with van der Waals surface area (Å²) in [6.07, 6.45) is -2.28. The normalized spacial score (nSPS) is 24.4. The molecule has 5 heterocycles. The largest absolute Gasteiger partial charge is 0.481 e. The lowest BCUT2D eigenvalue weighted by atomic mass is 9.77. The molecule has 27 heteroatoms. The number of anilines is 1. The Kier molecular flexibility index (Phi) is 23.1.